The molecule has 0 aliphatic carbocycles. The predicted octanol–water partition coefficient (Wildman–Crippen LogP) is 4.63. The van der Waals surface area contributed by atoms with E-state index < -0.39 is 0 Å². The van der Waals surface area contributed by atoms with Crippen LogP contribution >= 0.6 is 0 Å². The Hall–Kier alpha value is -1.51. The van der Waals surface area contributed by atoms with Crippen molar-refractivity contribution in [3.05, 3.63) is 29.3 Å². The van der Waals surface area contributed by atoms with E-state index in [4.69, 9.17) is 15.9 Å². The Labute approximate surface area is 129 Å². The van der Waals surface area contributed by atoms with Gasteiger partial charge in [0.25, 0.3) is 0 Å². The summed E-state index contributed by atoms with van der Waals surface area (Å²) in [6, 6.07) is 6.34. The van der Waals surface area contributed by atoms with Gasteiger partial charge in [0.05, 0.1) is 12.4 Å². The van der Waals surface area contributed by atoms with Crippen LogP contribution in [0.1, 0.15) is 64.0 Å². The summed E-state index contributed by atoms with van der Waals surface area (Å²) in [5.74, 6) is 1.76. The number of nitrogens with two attached hydrogens (primary N) is 1. The number of hydrogen-bond donors (Lipinski definition) is 2. The molecule has 3 N–H and O–H groups in total. The molecule has 0 radical (unpaired) electrons. The lowest BCUT2D eigenvalue weighted by Crippen LogP contribution is -2.30. The molecule has 0 spiro atoms. The largest absolute Gasteiger partial charge is 0.494 e. The molecule has 21 heavy (non-hydrogen) atoms. The lowest BCUT2D eigenvalue weighted by atomic mass is 9.86. The van der Waals surface area contributed by atoms with Crippen LogP contribution < -0.4 is 10.5 Å². The highest BCUT2D eigenvalue weighted by atomic mass is 16.5. The molecule has 0 saturated carbocycles. The fourth-order valence-electron chi connectivity index (χ4n) is 2.38. The molecule has 0 amide bonds. The molecule has 1 aromatic rings. The molecule has 1 aromatic carbocycles. The number of hydrogen-bond acceptors (Lipinski definition) is 2. The molecule has 0 fully saturated rings. The van der Waals surface area contributed by atoms with Crippen molar-refractivity contribution < 1.29 is 4.74 Å². The molecule has 0 saturated heterocycles. The third kappa shape index (κ3) is 5.41. The number of rotatable bonds is 8. The van der Waals surface area contributed by atoms with Crippen LogP contribution in [0.4, 0.5) is 0 Å². The highest BCUT2D eigenvalue weighted by Gasteiger charge is 2.20. The first-order chi connectivity index (χ1) is 9.74. The number of unbranched alkanes of at least 4 members (excludes halogenated alkanes) is 1. The lowest BCUT2D eigenvalue weighted by Gasteiger charge is -2.22. The Morgan fingerprint density at radius 2 is 1.95 bits per heavy atom. The minimum absolute atomic E-state index is 0.199. The van der Waals surface area contributed by atoms with Crippen LogP contribution in [0.5, 0.6) is 5.75 Å². The number of nitrogens with one attached hydrogen (secondary N) is 1. The molecule has 3 nitrogen and oxygen atoms in total. The standard InChI is InChI=1S/C18H30N2O/c1-13(2)16-9-8-15(12-14(16)3)21-11-7-6-10-18(4,5)17(19)20/h8-9,12-13H,6-7,10-11H2,1-5H3,(H3,19,20). The molecule has 0 atom stereocenters. The van der Waals surface area contributed by atoms with Crippen molar-refractivity contribution >= 4 is 5.84 Å². The van der Waals surface area contributed by atoms with Crippen LogP contribution in [0.3, 0.4) is 0 Å². The second kappa shape index (κ2) is 7.48. The summed E-state index contributed by atoms with van der Waals surface area (Å²) in [7, 11) is 0. The summed E-state index contributed by atoms with van der Waals surface area (Å²) >= 11 is 0. The van der Waals surface area contributed by atoms with E-state index in [1.54, 1.807) is 0 Å². The van der Waals surface area contributed by atoms with Gasteiger partial charge in [-0.05, 0) is 55.4 Å². The molecule has 0 bridgehead atoms. The van der Waals surface area contributed by atoms with Gasteiger partial charge in [0.2, 0.25) is 0 Å². The fourth-order valence-corrected chi connectivity index (χ4v) is 2.38. The quantitative estimate of drug-likeness (QED) is 0.416. The molecular weight excluding hydrogens is 260 g/mol. The molecular formula is C18H30N2O. The van der Waals surface area contributed by atoms with Crippen LogP contribution in [0, 0.1) is 17.7 Å². The van der Waals surface area contributed by atoms with Crippen molar-refractivity contribution in [2.75, 3.05) is 6.61 Å². The highest BCUT2D eigenvalue weighted by molar-refractivity contribution is 5.82. The van der Waals surface area contributed by atoms with Crippen LogP contribution in [-0.2, 0) is 0 Å². The van der Waals surface area contributed by atoms with Gasteiger partial charge in [-0.25, -0.2) is 0 Å². The summed E-state index contributed by atoms with van der Waals surface area (Å²) in [6.45, 7) is 11.3. The average molecular weight is 290 g/mol. The maximum absolute atomic E-state index is 7.54. The maximum atomic E-state index is 7.54. The number of aryl methyl sites for hydroxylation is 1. The summed E-state index contributed by atoms with van der Waals surface area (Å²) in [5.41, 5.74) is 8.06. The van der Waals surface area contributed by atoms with Crippen molar-refractivity contribution in [3.63, 3.8) is 0 Å². The molecule has 1 rings (SSSR count). The Bertz CT molecular complexity index is 478. The van der Waals surface area contributed by atoms with Crippen molar-refractivity contribution in [2.24, 2.45) is 11.1 Å². The van der Waals surface area contributed by atoms with Gasteiger partial charge >= 0.3 is 0 Å². The normalized spacial score (nSPS) is 11.7. The highest BCUT2D eigenvalue weighted by Crippen LogP contribution is 2.25. The number of ether oxygens (including phenoxy) is 1. The first kappa shape index (κ1) is 17.5. The molecule has 0 heterocycles. The zero-order valence-electron chi connectivity index (χ0n) is 14.1. The van der Waals surface area contributed by atoms with E-state index >= 15 is 0 Å². The summed E-state index contributed by atoms with van der Waals surface area (Å²) in [6.07, 6.45) is 2.94. The molecule has 118 valence electrons. The smallest absolute Gasteiger partial charge is 0.119 e. The van der Waals surface area contributed by atoms with E-state index in [0.717, 1.165) is 25.0 Å². The third-order valence-electron chi connectivity index (χ3n) is 4.06. The van der Waals surface area contributed by atoms with Gasteiger partial charge in [0, 0.05) is 5.41 Å². The summed E-state index contributed by atoms with van der Waals surface area (Å²) < 4.78 is 5.81. The Balaban J connectivity index is 2.37. The zero-order valence-corrected chi connectivity index (χ0v) is 14.1. The summed E-state index contributed by atoms with van der Waals surface area (Å²) in [4.78, 5) is 0. The van der Waals surface area contributed by atoms with E-state index in [-0.39, 0.29) is 11.3 Å². The maximum Gasteiger partial charge on any atom is 0.119 e. The molecule has 3 heteroatoms. The Morgan fingerprint density at radius 1 is 1.29 bits per heavy atom. The minimum Gasteiger partial charge on any atom is -0.494 e. The molecule has 0 unspecified atom stereocenters. The number of amidine groups is 1. The van der Waals surface area contributed by atoms with Crippen LogP contribution in [-0.4, -0.2) is 12.4 Å². The van der Waals surface area contributed by atoms with Gasteiger partial charge in [0.1, 0.15) is 5.75 Å². The van der Waals surface area contributed by atoms with E-state index in [2.05, 4.69) is 39.0 Å². The number of benzene rings is 1. The SMILES string of the molecule is Cc1cc(OCCCCC(C)(C)C(=N)N)ccc1C(C)C. The zero-order chi connectivity index (χ0) is 16.0. The van der Waals surface area contributed by atoms with E-state index in [1.807, 2.05) is 13.8 Å². The summed E-state index contributed by atoms with van der Waals surface area (Å²) in [5, 5.41) is 7.54. The molecule has 0 aliphatic rings. The predicted molar refractivity (Wildman–Crippen MR) is 90.3 cm³/mol. The topological polar surface area (TPSA) is 59.1 Å². The lowest BCUT2D eigenvalue weighted by molar-refractivity contribution is 0.296. The second-order valence-corrected chi connectivity index (χ2v) is 6.78. The van der Waals surface area contributed by atoms with Crippen molar-refractivity contribution in [1.82, 2.24) is 0 Å². The first-order valence-corrected chi connectivity index (χ1v) is 7.82. The molecule has 0 aromatic heterocycles. The van der Waals surface area contributed by atoms with Gasteiger partial charge < -0.3 is 10.5 Å². The van der Waals surface area contributed by atoms with Crippen molar-refractivity contribution in [1.29, 1.82) is 5.41 Å². The Kier molecular flexibility index (Phi) is 6.25. The third-order valence-corrected chi connectivity index (χ3v) is 4.06. The minimum atomic E-state index is -0.199. The van der Waals surface area contributed by atoms with Gasteiger partial charge in [-0.1, -0.05) is 33.8 Å². The van der Waals surface area contributed by atoms with Crippen molar-refractivity contribution in [2.45, 2.75) is 59.8 Å². The first-order valence-electron chi connectivity index (χ1n) is 7.82. The van der Waals surface area contributed by atoms with Crippen LogP contribution in [0.15, 0.2) is 18.2 Å². The van der Waals surface area contributed by atoms with Gasteiger partial charge in [-0.15, -0.1) is 0 Å². The van der Waals surface area contributed by atoms with Gasteiger partial charge in [-0.3, -0.25) is 5.41 Å². The average Bonchev–Trinajstić information content (AvgIpc) is 2.37. The Morgan fingerprint density at radius 3 is 2.48 bits per heavy atom. The van der Waals surface area contributed by atoms with Crippen molar-refractivity contribution in [3.8, 4) is 5.75 Å². The monoisotopic (exact) mass is 290 g/mol. The molecule has 0 aliphatic heterocycles. The van der Waals surface area contributed by atoms with Crippen LogP contribution in [0.2, 0.25) is 0 Å². The second-order valence-electron chi connectivity index (χ2n) is 6.78. The van der Waals surface area contributed by atoms with Gasteiger partial charge in [0.15, 0.2) is 0 Å². The van der Waals surface area contributed by atoms with Gasteiger partial charge in [-0.2, -0.15) is 0 Å². The van der Waals surface area contributed by atoms with Crippen LogP contribution in [0.25, 0.3) is 0 Å². The van der Waals surface area contributed by atoms with E-state index in [9.17, 15) is 0 Å². The van der Waals surface area contributed by atoms with E-state index in [1.165, 1.54) is 11.1 Å². The van der Waals surface area contributed by atoms with E-state index in [0.29, 0.717) is 12.5 Å². The fraction of sp³-hybridized carbons (Fsp3) is 0.611.